The van der Waals surface area contributed by atoms with Gasteiger partial charge in [-0.2, -0.15) is 0 Å². The Balaban J connectivity index is 0.00000147. The van der Waals surface area contributed by atoms with Crippen molar-refractivity contribution in [3.63, 3.8) is 0 Å². The molecule has 0 bridgehead atoms. The molecule has 6 nitrogen and oxygen atoms in total. The first kappa shape index (κ1) is 29.4. The highest BCUT2D eigenvalue weighted by Gasteiger charge is 2.42. The number of fused-ring (bicyclic) bond motifs is 4. The summed E-state index contributed by atoms with van der Waals surface area (Å²) in [6.07, 6.45) is 8.14. The normalized spacial score (nSPS) is 26.8. The van der Waals surface area contributed by atoms with Crippen LogP contribution in [0.2, 0.25) is 0 Å². The second-order valence-corrected chi connectivity index (χ2v) is 13.9. The first-order valence-electron chi connectivity index (χ1n) is 16.6. The van der Waals surface area contributed by atoms with E-state index in [0.717, 1.165) is 60.2 Å². The number of H-pyrrole nitrogens is 2. The maximum atomic E-state index is 4.95. The third-order valence-electron chi connectivity index (χ3n) is 10.9. The van der Waals surface area contributed by atoms with E-state index in [2.05, 4.69) is 112 Å². The van der Waals surface area contributed by atoms with E-state index in [1.54, 1.807) is 11.1 Å². The third kappa shape index (κ3) is 5.24. The molecule has 2 aliphatic carbocycles. The van der Waals surface area contributed by atoms with Crippen molar-refractivity contribution in [2.24, 2.45) is 17.8 Å². The van der Waals surface area contributed by atoms with Gasteiger partial charge in [-0.1, -0.05) is 56.3 Å². The molecule has 2 aliphatic heterocycles. The number of aromatic amines is 2. The Bertz CT molecular complexity index is 1840. The number of thiol groups is 2. The number of benzene rings is 3. The van der Waals surface area contributed by atoms with E-state index in [0.29, 0.717) is 29.8 Å². The van der Waals surface area contributed by atoms with Gasteiger partial charge >= 0.3 is 0 Å². The molecular formula is C37H42N6S2. The number of nitrogens with one attached hydrogen (secondary N) is 4. The SMILES string of the molecule is CC1CNC(c2ncc(-c3ccc(-c4ccc(-c5ccc6nc(C7CC(C)CN7)[nH]c6c5)c5c4C4CCC4C5)cc3)[nH]2)C1.SS. The van der Waals surface area contributed by atoms with Crippen molar-refractivity contribution < 1.29 is 0 Å². The summed E-state index contributed by atoms with van der Waals surface area (Å²) in [5.41, 5.74) is 13.1. The molecule has 0 spiro atoms. The quantitative estimate of drug-likeness (QED) is 0.0866. The molecule has 5 aromatic rings. The highest BCUT2D eigenvalue weighted by molar-refractivity contribution is 8.59. The Morgan fingerprint density at radius 3 is 2.11 bits per heavy atom. The van der Waals surface area contributed by atoms with Crippen molar-refractivity contribution in [3.05, 3.63) is 83.6 Å². The lowest BCUT2D eigenvalue weighted by atomic mass is 9.73. The molecule has 45 heavy (non-hydrogen) atoms. The number of hydrogen-bond donors (Lipinski definition) is 6. The number of imidazole rings is 2. The maximum Gasteiger partial charge on any atom is 0.124 e. The van der Waals surface area contributed by atoms with E-state index in [-0.39, 0.29) is 0 Å². The molecule has 3 fully saturated rings. The van der Waals surface area contributed by atoms with Gasteiger partial charge in [0, 0.05) is 0 Å². The van der Waals surface area contributed by atoms with Crippen LogP contribution < -0.4 is 10.6 Å². The van der Waals surface area contributed by atoms with E-state index in [1.165, 1.54) is 47.1 Å². The fourth-order valence-electron chi connectivity index (χ4n) is 8.38. The van der Waals surface area contributed by atoms with Crippen molar-refractivity contribution in [2.75, 3.05) is 13.1 Å². The second-order valence-electron chi connectivity index (χ2n) is 13.9. The van der Waals surface area contributed by atoms with Gasteiger partial charge in [0.2, 0.25) is 0 Å². The number of hydrogen-bond acceptors (Lipinski definition) is 6. The van der Waals surface area contributed by atoms with Gasteiger partial charge < -0.3 is 20.6 Å². The molecule has 0 radical (unpaired) electrons. The molecule has 8 heteroatoms. The van der Waals surface area contributed by atoms with E-state index in [4.69, 9.17) is 9.97 Å². The fraction of sp³-hybridized carbons (Fsp3) is 0.405. The third-order valence-corrected chi connectivity index (χ3v) is 10.9. The summed E-state index contributed by atoms with van der Waals surface area (Å²) in [7, 11) is 0. The molecule has 0 amide bonds. The molecule has 232 valence electrons. The average Bonchev–Trinajstić information content (AvgIpc) is 3.89. The molecule has 4 N–H and O–H groups in total. The highest BCUT2D eigenvalue weighted by atomic mass is 33.1. The molecule has 9 rings (SSSR count). The van der Waals surface area contributed by atoms with Gasteiger partial charge in [-0.25, -0.2) is 9.97 Å². The van der Waals surface area contributed by atoms with Crippen LogP contribution in [0.5, 0.6) is 0 Å². The van der Waals surface area contributed by atoms with Crippen molar-refractivity contribution in [2.45, 2.75) is 64.0 Å². The largest absolute Gasteiger partial charge is 0.341 e. The van der Waals surface area contributed by atoms with Crippen LogP contribution in [0.4, 0.5) is 0 Å². The number of rotatable bonds is 5. The Morgan fingerprint density at radius 2 is 1.42 bits per heavy atom. The lowest BCUT2D eigenvalue weighted by Gasteiger charge is -2.31. The van der Waals surface area contributed by atoms with Crippen LogP contribution >= 0.6 is 23.3 Å². The first-order chi connectivity index (χ1) is 22.1. The van der Waals surface area contributed by atoms with Crippen molar-refractivity contribution in [3.8, 4) is 33.5 Å². The maximum absolute atomic E-state index is 4.95. The summed E-state index contributed by atoms with van der Waals surface area (Å²) in [6.45, 7) is 6.74. The van der Waals surface area contributed by atoms with Gasteiger partial charge in [0.15, 0.2) is 0 Å². The molecule has 3 aromatic carbocycles. The van der Waals surface area contributed by atoms with Crippen LogP contribution in [-0.4, -0.2) is 33.0 Å². The van der Waals surface area contributed by atoms with Crippen LogP contribution in [0.1, 0.15) is 80.3 Å². The monoisotopic (exact) mass is 634 g/mol. The fourth-order valence-corrected chi connectivity index (χ4v) is 8.38. The predicted octanol–water partition coefficient (Wildman–Crippen LogP) is 8.44. The lowest BCUT2D eigenvalue weighted by Crippen LogP contribution is -2.19. The zero-order valence-electron chi connectivity index (χ0n) is 26.0. The van der Waals surface area contributed by atoms with Crippen LogP contribution in [0.25, 0.3) is 44.5 Å². The minimum absolute atomic E-state index is 0.333. The van der Waals surface area contributed by atoms with Crippen LogP contribution in [-0.2, 0) is 6.42 Å². The number of aromatic nitrogens is 4. The van der Waals surface area contributed by atoms with E-state index in [1.807, 2.05) is 6.20 Å². The van der Waals surface area contributed by atoms with Gasteiger partial charge in [-0.15, -0.1) is 23.3 Å². The highest BCUT2D eigenvalue weighted by Crippen LogP contribution is 2.56. The Kier molecular flexibility index (Phi) is 7.80. The Hall–Kier alpha value is -3.04. The average molecular weight is 635 g/mol. The summed E-state index contributed by atoms with van der Waals surface area (Å²) in [5, 5.41) is 7.22. The zero-order valence-corrected chi connectivity index (χ0v) is 27.8. The van der Waals surface area contributed by atoms with Crippen molar-refractivity contribution in [1.82, 2.24) is 30.6 Å². The van der Waals surface area contributed by atoms with E-state index >= 15 is 0 Å². The van der Waals surface area contributed by atoms with E-state index in [9.17, 15) is 0 Å². The minimum atomic E-state index is 0.333. The van der Waals surface area contributed by atoms with Gasteiger partial charge in [-0.05, 0) is 120 Å². The van der Waals surface area contributed by atoms with Gasteiger partial charge in [0.25, 0.3) is 0 Å². The number of nitrogens with zero attached hydrogens (tertiary/aromatic N) is 2. The minimum Gasteiger partial charge on any atom is -0.341 e. The van der Waals surface area contributed by atoms with Crippen LogP contribution in [0, 0.1) is 17.8 Å². The summed E-state index contributed by atoms with van der Waals surface area (Å²) in [6, 6.07) is 21.4. The molecule has 4 aliphatic rings. The first-order valence-corrected chi connectivity index (χ1v) is 18.2. The summed E-state index contributed by atoms with van der Waals surface area (Å²) >= 11 is 6.44. The van der Waals surface area contributed by atoms with E-state index < -0.39 is 0 Å². The molecular weight excluding hydrogens is 593 g/mol. The smallest absolute Gasteiger partial charge is 0.124 e. The van der Waals surface area contributed by atoms with Crippen LogP contribution in [0.3, 0.4) is 0 Å². The van der Waals surface area contributed by atoms with Crippen molar-refractivity contribution in [1.29, 1.82) is 0 Å². The predicted molar refractivity (Wildman–Crippen MR) is 191 cm³/mol. The molecule has 4 heterocycles. The Morgan fingerprint density at radius 1 is 0.733 bits per heavy atom. The molecule has 6 unspecified atom stereocenters. The molecule has 1 saturated carbocycles. The van der Waals surface area contributed by atoms with Crippen LogP contribution in [0.15, 0.2) is 60.8 Å². The second kappa shape index (κ2) is 12.0. The summed E-state index contributed by atoms with van der Waals surface area (Å²) < 4.78 is 0. The molecule has 2 aromatic heterocycles. The van der Waals surface area contributed by atoms with Gasteiger partial charge in [-0.3, -0.25) is 0 Å². The standard InChI is InChI=1S/C37H40N6.H2S2/c1-20-13-32(38-17-20)36-40-19-34(43-36)23-5-3-22(4-6-23)27-11-10-26(29-15-24-7-9-28(24)35(27)29)25-8-12-30-31(16-25)42-37(41-30)33-14-21(2)18-39-33;1-2/h3-6,8,10-12,16,19-21,24,28,32-33,38-39H,7,9,13-15,17-18H2,1-2H3,(H,40,43)(H,41,42);1-2H. The molecule has 6 atom stereocenters. The summed E-state index contributed by atoms with van der Waals surface area (Å²) in [4.78, 5) is 16.9. The lowest BCUT2D eigenvalue weighted by molar-refractivity contribution is 0.281. The zero-order chi connectivity index (χ0) is 30.7. The summed E-state index contributed by atoms with van der Waals surface area (Å²) in [5.74, 6) is 5.02. The topological polar surface area (TPSA) is 81.4 Å². The molecule has 2 saturated heterocycles. The van der Waals surface area contributed by atoms with Crippen molar-refractivity contribution >= 4 is 34.4 Å². The van der Waals surface area contributed by atoms with Gasteiger partial charge in [0.1, 0.15) is 11.6 Å². The van der Waals surface area contributed by atoms with Gasteiger partial charge in [0.05, 0.1) is 35.0 Å². The Labute approximate surface area is 275 Å².